The molecule has 0 spiro atoms. The van der Waals surface area contributed by atoms with Gasteiger partial charge in [-0.15, -0.1) is 0 Å². The largest absolute Gasteiger partial charge is 0.276 e. The number of rotatable bonds is 2. The van der Waals surface area contributed by atoms with E-state index in [1.54, 1.807) is 0 Å². The van der Waals surface area contributed by atoms with E-state index in [0.29, 0.717) is 0 Å². The van der Waals surface area contributed by atoms with Gasteiger partial charge >= 0.3 is 0 Å². The second-order valence-corrected chi connectivity index (χ2v) is 5.06. The Kier molecular flexibility index (Phi) is 2.95. The second-order valence-electron chi connectivity index (χ2n) is 1.71. The van der Waals surface area contributed by atoms with Gasteiger partial charge in [0, 0.05) is 0 Å². The van der Waals surface area contributed by atoms with E-state index in [9.17, 15) is 4.57 Å². The van der Waals surface area contributed by atoms with Crippen LogP contribution in [-0.4, -0.2) is 4.46 Å². The van der Waals surface area contributed by atoms with E-state index in [1.807, 2.05) is 0 Å². The van der Waals surface area contributed by atoms with Gasteiger partial charge in [-0.25, -0.2) is 5.09 Å². The average Bonchev–Trinajstić information content (AvgIpc) is 1.14. The molecule has 0 aliphatic heterocycles. The Hall–Kier alpha value is 0.690. The van der Waals surface area contributed by atoms with Gasteiger partial charge in [0.15, 0.2) is 4.46 Å². The summed E-state index contributed by atoms with van der Waals surface area (Å²) < 4.78 is 9.17. The first kappa shape index (κ1) is 9.69. The van der Waals surface area contributed by atoms with Crippen molar-refractivity contribution in [3.05, 3.63) is 0 Å². The highest BCUT2D eigenvalue weighted by Crippen LogP contribution is 2.28. The van der Waals surface area contributed by atoms with E-state index < -0.39 is 12.1 Å². The first-order chi connectivity index (χ1) is 3.71. The van der Waals surface area contributed by atoms with Gasteiger partial charge in [-0.1, -0.05) is 23.2 Å². The van der Waals surface area contributed by atoms with Gasteiger partial charge in [0.25, 0.3) is 7.59 Å². The quantitative estimate of drug-likeness (QED) is 0.342. The van der Waals surface area contributed by atoms with Gasteiger partial charge in [-0.05, 0) is 6.92 Å². The van der Waals surface area contributed by atoms with E-state index >= 15 is 0 Å². The fourth-order valence-electron chi connectivity index (χ4n) is 0.307. The summed E-state index contributed by atoms with van der Waals surface area (Å²) >= 11 is 10.7. The van der Waals surface area contributed by atoms with Gasteiger partial charge < -0.3 is 0 Å². The van der Waals surface area contributed by atoms with Gasteiger partial charge in [0.1, 0.15) is 0 Å². The van der Waals surface area contributed by atoms with Gasteiger partial charge in [0.2, 0.25) is 0 Å². The molecule has 0 aromatic carbocycles. The van der Waals surface area contributed by atoms with Crippen molar-refractivity contribution in [3.63, 3.8) is 0 Å². The highest BCUT2D eigenvalue weighted by atomic mass is 35.5. The molecular formula is C2H8Cl2N3OP. The average molecular weight is 192 g/mol. The molecule has 0 rings (SSSR count). The Balaban J connectivity index is 3.90. The Bertz CT molecular complexity index is 137. The lowest BCUT2D eigenvalue weighted by Gasteiger charge is -2.17. The summed E-state index contributed by atoms with van der Waals surface area (Å²) in [6.07, 6.45) is 0. The molecule has 0 amide bonds. The number of halogens is 2. The third kappa shape index (κ3) is 8.69. The maximum absolute atomic E-state index is 10.5. The molecule has 0 unspecified atom stereocenters. The van der Waals surface area contributed by atoms with E-state index in [0.717, 1.165) is 0 Å². The van der Waals surface area contributed by atoms with Crippen molar-refractivity contribution in [2.45, 2.75) is 11.4 Å². The molecule has 5 N–H and O–H groups in total. The van der Waals surface area contributed by atoms with E-state index in [2.05, 4.69) is 5.09 Å². The van der Waals surface area contributed by atoms with Crippen LogP contribution >= 0.6 is 30.8 Å². The van der Waals surface area contributed by atoms with Crippen LogP contribution in [0, 0.1) is 0 Å². The second kappa shape index (κ2) is 2.74. The molecule has 0 fully saturated rings. The number of hydrogen-bond acceptors (Lipinski definition) is 1. The summed E-state index contributed by atoms with van der Waals surface area (Å²) in [4.78, 5) is 0. The molecule has 7 heteroatoms. The smallest absolute Gasteiger partial charge is 0.271 e. The summed E-state index contributed by atoms with van der Waals surface area (Å²) in [7, 11) is -3.30. The molecule has 0 saturated heterocycles. The van der Waals surface area contributed by atoms with E-state index in [1.165, 1.54) is 6.92 Å². The van der Waals surface area contributed by atoms with Crippen LogP contribution in [0.4, 0.5) is 0 Å². The SMILES string of the molecule is CC(Cl)(Cl)NP(N)(N)=O. The number of nitrogens with two attached hydrogens (primary N) is 2. The van der Waals surface area contributed by atoms with Crippen LogP contribution in [0.2, 0.25) is 0 Å². The van der Waals surface area contributed by atoms with Crippen molar-refractivity contribution >= 4 is 30.8 Å². The summed E-state index contributed by atoms with van der Waals surface area (Å²) in [6.45, 7) is 1.38. The predicted molar refractivity (Wildman–Crippen MR) is 39.2 cm³/mol. The van der Waals surface area contributed by atoms with Crippen molar-refractivity contribution in [1.29, 1.82) is 0 Å². The predicted octanol–water partition coefficient (Wildman–Crippen LogP) is 0.753. The molecule has 4 nitrogen and oxygen atoms in total. The maximum Gasteiger partial charge on any atom is 0.276 e. The van der Waals surface area contributed by atoms with Crippen molar-refractivity contribution in [3.8, 4) is 0 Å². The lowest BCUT2D eigenvalue weighted by molar-refractivity contribution is 0.562. The minimum absolute atomic E-state index is 1.33. The van der Waals surface area contributed by atoms with E-state index in [4.69, 9.17) is 34.2 Å². The van der Waals surface area contributed by atoms with Gasteiger partial charge in [-0.3, -0.25) is 15.6 Å². The molecule has 0 aliphatic carbocycles. The van der Waals surface area contributed by atoms with Crippen LogP contribution in [0.25, 0.3) is 0 Å². The molecule has 9 heavy (non-hydrogen) atoms. The van der Waals surface area contributed by atoms with Gasteiger partial charge in [0.05, 0.1) is 0 Å². The lowest BCUT2D eigenvalue weighted by atomic mass is 10.8. The molecule has 0 aromatic rings. The van der Waals surface area contributed by atoms with Crippen molar-refractivity contribution in [2.75, 3.05) is 0 Å². The third-order valence-electron chi connectivity index (χ3n) is 0.371. The third-order valence-corrected chi connectivity index (χ3v) is 1.62. The number of hydrogen-bond donors (Lipinski definition) is 3. The Morgan fingerprint density at radius 3 is 1.89 bits per heavy atom. The molecule has 0 saturated carbocycles. The summed E-state index contributed by atoms with van der Waals surface area (Å²) in [6, 6.07) is 0. The zero-order valence-electron chi connectivity index (χ0n) is 4.77. The fraction of sp³-hybridized carbons (Fsp3) is 1.00. The topological polar surface area (TPSA) is 81.1 Å². The van der Waals surface area contributed by atoms with Crippen LogP contribution < -0.4 is 16.1 Å². The fourth-order valence-corrected chi connectivity index (χ4v) is 1.71. The van der Waals surface area contributed by atoms with E-state index in [-0.39, 0.29) is 0 Å². The molecular weight excluding hydrogens is 184 g/mol. The van der Waals surface area contributed by atoms with Crippen LogP contribution in [-0.2, 0) is 4.57 Å². The van der Waals surface area contributed by atoms with Gasteiger partial charge in [-0.2, -0.15) is 0 Å². The highest BCUT2D eigenvalue weighted by molar-refractivity contribution is 7.57. The normalized spacial score (nSPS) is 13.9. The molecule has 0 radical (unpaired) electrons. The Morgan fingerprint density at radius 2 is 1.89 bits per heavy atom. The zero-order valence-corrected chi connectivity index (χ0v) is 7.17. The molecule has 0 atom stereocenters. The standard InChI is InChI=1S/C2H8Cl2N3OP/c1-2(3,4)7-9(5,6)8/h1H3,(H5,5,6,7,8). The molecule has 0 bridgehead atoms. The first-order valence-electron chi connectivity index (χ1n) is 2.05. The lowest BCUT2D eigenvalue weighted by Crippen LogP contribution is -2.33. The van der Waals surface area contributed by atoms with Crippen molar-refractivity contribution < 1.29 is 4.57 Å². The van der Waals surface area contributed by atoms with Crippen LogP contribution in [0.15, 0.2) is 0 Å². The molecule has 0 aromatic heterocycles. The van der Waals surface area contributed by atoms with Crippen molar-refractivity contribution in [1.82, 2.24) is 5.09 Å². The summed E-state index contributed by atoms with van der Waals surface area (Å²) in [5.41, 5.74) is 9.75. The highest BCUT2D eigenvalue weighted by Gasteiger charge is 2.22. The Morgan fingerprint density at radius 1 is 1.56 bits per heavy atom. The number of alkyl halides is 2. The Labute approximate surface area is 63.4 Å². The van der Waals surface area contributed by atoms with Crippen LogP contribution in [0.5, 0.6) is 0 Å². The summed E-state index contributed by atoms with van der Waals surface area (Å²) in [5, 5.41) is 2.10. The minimum atomic E-state index is -3.30. The van der Waals surface area contributed by atoms with Crippen molar-refractivity contribution in [2.24, 2.45) is 11.0 Å². The molecule has 56 valence electrons. The maximum atomic E-state index is 10.5. The first-order valence-corrected chi connectivity index (χ1v) is 4.65. The summed E-state index contributed by atoms with van der Waals surface area (Å²) in [5.74, 6) is 0. The van der Waals surface area contributed by atoms with Crippen LogP contribution in [0.3, 0.4) is 0 Å². The van der Waals surface area contributed by atoms with Crippen LogP contribution in [0.1, 0.15) is 6.92 Å². The zero-order chi connectivity index (χ0) is 7.71. The monoisotopic (exact) mass is 191 g/mol. The molecule has 0 heterocycles. The molecule has 0 aliphatic rings. The number of nitrogens with one attached hydrogen (secondary N) is 1. The minimum Gasteiger partial charge on any atom is -0.271 e.